The van der Waals surface area contributed by atoms with E-state index in [1.54, 1.807) is 6.92 Å². The maximum Gasteiger partial charge on any atom is 0.0781 e. The fourth-order valence-electron chi connectivity index (χ4n) is 1.22. The minimum atomic E-state index is -0.411. The molecule has 0 heterocycles. The fraction of sp³-hybridized carbons (Fsp3) is 1.00. The lowest BCUT2D eigenvalue weighted by molar-refractivity contribution is -0.0560. The summed E-state index contributed by atoms with van der Waals surface area (Å²) in [6, 6.07) is 0. The molecular weight excluding hydrogens is 194 g/mol. The molecule has 0 rings (SSSR count). The Kier molecular flexibility index (Phi) is 7.96. The standard InChI is InChI=1S/C11H25NO3/c1-9(13)7-14-11(3)8-15-10(2)6-12(4)5/h9-11,13H,6-8H2,1-5H3. The van der Waals surface area contributed by atoms with Crippen molar-refractivity contribution in [3.63, 3.8) is 0 Å². The minimum Gasteiger partial charge on any atom is -0.391 e. The molecule has 0 bridgehead atoms. The van der Waals surface area contributed by atoms with Crippen LogP contribution in [0.3, 0.4) is 0 Å². The van der Waals surface area contributed by atoms with Crippen molar-refractivity contribution in [2.24, 2.45) is 0 Å². The summed E-state index contributed by atoms with van der Waals surface area (Å²) in [5.74, 6) is 0. The summed E-state index contributed by atoms with van der Waals surface area (Å²) in [6.45, 7) is 7.55. The third-order valence-corrected chi connectivity index (χ3v) is 1.86. The fourth-order valence-corrected chi connectivity index (χ4v) is 1.22. The molecule has 0 spiro atoms. The highest BCUT2D eigenvalue weighted by molar-refractivity contribution is 4.56. The van der Waals surface area contributed by atoms with Crippen LogP contribution in [-0.2, 0) is 9.47 Å². The number of likely N-dealkylation sites (N-methyl/N-ethyl adjacent to an activating group) is 1. The first-order valence-corrected chi connectivity index (χ1v) is 5.47. The zero-order valence-corrected chi connectivity index (χ0v) is 10.6. The predicted octanol–water partition coefficient (Wildman–Crippen LogP) is 0.739. The van der Waals surface area contributed by atoms with Gasteiger partial charge in [-0.2, -0.15) is 0 Å². The van der Waals surface area contributed by atoms with Gasteiger partial charge in [0.2, 0.25) is 0 Å². The van der Waals surface area contributed by atoms with E-state index in [2.05, 4.69) is 4.90 Å². The van der Waals surface area contributed by atoms with Crippen molar-refractivity contribution in [1.29, 1.82) is 0 Å². The minimum absolute atomic E-state index is 0.0317. The van der Waals surface area contributed by atoms with Gasteiger partial charge in [-0.15, -0.1) is 0 Å². The van der Waals surface area contributed by atoms with Crippen LogP contribution >= 0.6 is 0 Å². The van der Waals surface area contributed by atoms with E-state index in [9.17, 15) is 0 Å². The van der Waals surface area contributed by atoms with Crippen molar-refractivity contribution in [2.45, 2.75) is 39.1 Å². The number of hydrogen-bond acceptors (Lipinski definition) is 4. The zero-order chi connectivity index (χ0) is 11.8. The average Bonchev–Trinajstić information content (AvgIpc) is 2.10. The number of rotatable bonds is 8. The zero-order valence-electron chi connectivity index (χ0n) is 10.6. The predicted molar refractivity (Wildman–Crippen MR) is 61.1 cm³/mol. The summed E-state index contributed by atoms with van der Waals surface area (Å²) in [7, 11) is 4.04. The van der Waals surface area contributed by atoms with E-state index in [1.807, 2.05) is 27.9 Å². The van der Waals surface area contributed by atoms with Gasteiger partial charge in [0.25, 0.3) is 0 Å². The molecule has 15 heavy (non-hydrogen) atoms. The summed E-state index contributed by atoms with van der Waals surface area (Å²) in [5, 5.41) is 9.03. The SMILES string of the molecule is CC(O)COC(C)COC(C)CN(C)C. The molecule has 0 saturated heterocycles. The summed E-state index contributed by atoms with van der Waals surface area (Å²) in [5.41, 5.74) is 0. The third kappa shape index (κ3) is 10.1. The molecular formula is C11H25NO3. The molecule has 0 aliphatic carbocycles. The Hall–Kier alpha value is -0.160. The van der Waals surface area contributed by atoms with E-state index in [4.69, 9.17) is 14.6 Å². The Labute approximate surface area is 93.2 Å². The quantitative estimate of drug-likeness (QED) is 0.654. The molecule has 4 heteroatoms. The van der Waals surface area contributed by atoms with Gasteiger partial charge >= 0.3 is 0 Å². The molecule has 4 nitrogen and oxygen atoms in total. The number of hydrogen-bond donors (Lipinski definition) is 1. The van der Waals surface area contributed by atoms with Crippen LogP contribution in [0.15, 0.2) is 0 Å². The Bertz CT molecular complexity index is 151. The molecule has 0 aromatic rings. The van der Waals surface area contributed by atoms with Gasteiger partial charge in [0, 0.05) is 6.54 Å². The highest BCUT2D eigenvalue weighted by atomic mass is 16.5. The van der Waals surface area contributed by atoms with Crippen LogP contribution in [0.4, 0.5) is 0 Å². The van der Waals surface area contributed by atoms with Gasteiger partial charge in [-0.25, -0.2) is 0 Å². The van der Waals surface area contributed by atoms with Crippen LogP contribution in [0, 0.1) is 0 Å². The van der Waals surface area contributed by atoms with E-state index in [0.29, 0.717) is 13.2 Å². The summed E-state index contributed by atoms with van der Waals surface area (Å²) >= 11 is 0. The molecule has 0 amide bonds. The van der Waals surface area contributed by atoms with E-state index in [1.165, 1.54) is 0 Å². The van der Waals surface area contributed by atoms with Gasteiger partial charge in [-0.3, -0.25) is 0 Å². The number of nitrogens with zero attached hydrogens (tertiary/aromatic N) is 1. The van der Waals surface area contributed by atoms with Crippen molar-refractivity contribution < 1.29 is 14.6 Å². The topological polar surface area (TPSA) is 41.9 Å². The van der Waals surface area contributed by atoms with Crippen molar-refractivity contribution in [1.82, 2.24) is 4.90 Å². The average molecular weight is 219 g/mol. The van der Waals surface area contributed by atoms with Crippen LogP contribution in [0.5, 0.6) is 0 Å². The van der Waals surface area contributed by atoms with Gasteiger partial charge < -0.3 is 19.5 Å². The molecule has 0 aromatic carbocycles. The molecule has 1 N–H and O–H groups in total. The second kappa shape index (κ2) is 8.05. The van der Waals surface area contributed by atoms with Crippen molar-refractivity contribution >= 4 is 0 Å². The molecule has 0 aromatic heterocycles. The molecule has 3 atom stereocenters. The third-order valence-electron chi connectivity index (χ3n) is 1.86. The Morgan fingerprint density at radius 3 is 2.00 bits per heavy atom. The molecule has 0 radical (unpaired) electrons. The smallest absolute Gasteiger partial charge is 0.0781 e. The largest absolute Gasteiger partial charge is 0.391 e. The summed E-state index contributed by atoms with van der Waals surface area (Å²) < 4.78 is 11.0. The first-order chi connectivity index (χ1) is 6.91. The first-order valence-electron chi connectivity index (χ1n) is 5.47. The highest BCUT2D eigenvalue weighted by Gasteiger charge is 2.08. The Morgan fingerprint density at radius 2 is 1.53 bits per heavy atom. The molecule has 0 aliphatic heterocycles. The summed E-state index contributed by atoms with van der Waals surface area (Å²) in [4.78, 5) is 2.09. The van der Waals surface area contributed by atoms with Crippen LogP contribution < -0.4 is 0 Å². The van der Waals surface area contributed by atoms with Crippen molar-refractivity contribution in [2.75, 3.05) is 33.9 Å². The maximum absolute atomic E-state index is 9.03. The highest BCUT2D eigenvalue weighted by Crippen LogP contribution is 1.98. The molecule has 0 saturated carbocycles. The second-order valence-electron chi connectivity index (χ2n) is 4.40. The van der Waals surface area contributed by atoms with Gasteiger partial charge in [-0.05, 0) is 34.9 Å². The second-order valence-corrected chi connectivity index (χ2v) is 4.40. The van der Waals surface area contributed by atoms with Gasteiger partial charge in [0.15, 0.2) is 0 Å². The number of ether oxygens (including phenoxy) is 2. The van der Waals surface area contributed by atoms with E-state index in [-0.39, 0.29) is 12.2 Å². The molecule has 0 fully saturated rings. The number of aliphatic hydroxyl groups excluding tert-OH is 1. The van der Waals surface area contributed by atoms with Gasteiger partial charge in [-0.1, -0.05) is 0 Å². The van der Waals surface area contributed by atoms with Crippen LogP contribution in [0.2, 0.25) is 0 Å². The van der Waals surface area contributed by atoms with E-state index >= 15 is 0 Å². The normalized spacial score (nSPS) is 17.8. The van der Waals surface area contributed by atoms with E-state index in [0.717, 1.165) is 6.54 Å². The van der Waals surface area contributed by atoms with Gasteiger partial charge in [0.05, 0.1) is 31.5 Å². The summed E-state index contributed by atoms with van der Waals surface area (Å²) in [6.07, 6.45) is -0.173. The Morgan fingerprint density at radius 1 is 1.00 bits per heavy atom. The monoisotopic (exact) mass is 219 g/mol. The Balaban J connectivity index is 3.48. The lowest BCUT2D eigenvalue weighted by atomic mass is 10.3. The molecule has 0 aliphatic rings. The van der Waals surface area contributed by atoms with Crippen molar-refractivity contribution in [3.8, 4) is 0 Å². The molecule has 3 unspecified atom stereocenters. The maximum atomic E-state index is 9.03. The van der Waals surface area contributed by atoms with Crippen LogP contribution in [0.25, 0.3) is 0 Å². The van der Waals surface area contributed by atoms with Gasteiger partial charge in [0.1, 0.15) is 0 Å². The van der Waals surface area contributed by atoms with Crippen LogP contribution in [-0.4, -0.2) is 62.2 Å². The van der Waals surface area contributed by atoms with E-state index < -0.39 is 6.10 Å². The molecule has 92 valence electrons. The van der Waals surface area contributed by atoms with Crippen molar-refractivity contribution in [3.05, 3.63) is 0 Å². The number of aliphatic hydroxyl groups is 1. The lowest BCUT2D eigenvalue weighted by Gasteiger charge is -2.20. The first kappa shape index (κ1) is 14.8. The van der Waals surface area contributed by atoms with Crippen LogP contribution in [0.1, 0.15) is 20.8 Å². The lowest BCUT2D eigenvalue weighted by Crippen LogP contribution is -2.29.